The van der Waals surface area contributed by atoms with Crippen molar-refractivity contribution in [1.82, 2.24) is 5.32 Å². The predicted molar refractivity (Wildman–Crippen MR) is 81.5 cm³/mol. The lowest BCUT2D eigenvalue weighted by Gasteiger charge is -2.22. The van der Waals surface area contributed by atoms with Gasteiger partial charge in [0.2, 0.25) is 0 Å². The first-order valence-corrected chi connectivity index (χ1v) is 6.88. The highest BCUT2D eigenvalue weighted by Gasteiger charge is 2.23. The van der Waals surface area contributed by atoms with Gasteiger partial charge in [0, 0.05) is 13.0 Å². The minimum absolute atomic E-state index is 0.0873. The Hall–Kier alpha value is -1.98. The summed E-state index contributed by atoms with van der Waals surface area (Å²) >= 11 is 5.95. The molecule has 1 heterocycles. The van der Waals surface area contributed by atoms with Gasteiger partial charge in [-0.15, -0.1) is 0 Å². The monoisotopic (exact) mass is 308 g/mol. The smallest absolute Gasteiger partial charge is 0.319 e. The number of hydrogen-bond acceptors (Lipinski definition) is 3. The fraction of sp³-hybridized carbons (Fsp3) is 0.267. The molecule has 5 nitrogen and oxygen atoms in total. The van der Waals surface area contributed by atoms with Crippen molar-refractivity contribution < 1.29 is 14.3 Å². The number of para-hydroxylation sites is 1. The van der Waals surface area contributed by atoms with Crippen molar-refractivity contribution in [2.24, 2.45) is 0 Å². The lowest BCUT2D eigenvalue weighted by atomic mass is 10.0. The number of carbonyl (C=O) groups is 1. The SMILES string of the molecule is C[C@](O)(CNC(=O)Nc1ccccc1Cl)Cc1ccco1. The van der Waals surface area contributed by atoms with Gasteiger partial charge in [-0.05, 0) is 31.2 Å². The molecule has 0 unspecified atom stereocenters. The molecule has 0 aliphatic rings. The Morgan fingerprint density at radius 3 is 2.76 bits per heavy atom. The molecule has 0 saturated heterocycles. The minimum Gasteiger partial charge on any atom is -0.469 e. The van der Waals surface area contributed by atoms with Crippen molar-refractivity contribution in [2.45, 2.75) is 18.9 Å². The summed E-state index contributed by atoms with van der Waals surface area (Å²) < 4.78 is 5.18. The van der Waals surface area contributed by atoms with Crippen LogP contribution in [0.5, 0.6) is 0 Å². The summed E-state index contributed by atoms with van der Waals surface area (Å²) in [6, 6.07) is 10.0. The number of amides is 2. The molecule has 0 saturated carbocycles. The summed E-state index contributed by atoms with van der Waals surface area (Å²) in [6.07, 6.45) is 1.86. The second kappa shape index (κ2) is 6.65. The van der Waals surface area contributed by atoms with Gasteiger partial charge in [0.1, 0.15) is 5.76 Å². The molecule has 0 bridgehead atoms. The zero-order valence-corrected chi connectivity index (χ0v) is 12.4. The van der Waals surface area contributed by atoms with Crippen molar-refractivity contribution in [3.8, 4) is 0 Å². The van der Waals surface area contributed by atoms with Crippen LogP contribution in [0.3, 0.4) is 0 Å². The molecule has 1 aromatic heterocycles. The highest BCUT2D eigenvalue weighted by atomic mass is 35.5. The van der Waals surface area contributed by atoms with Crippen molar-refractivity contribution >= 4 is 23.3 Å². The summed E-state index contributed by atoms with van der Waals surface area (Å²) in [5.41, 5.74) is -0.585. The molecule has 1 atom stereocenters. The van der Waals surface area contributed by atoms with Gasteiger partial charge in [-0.25, -0.2) is 4.79 Å². The number of urea groups is 1. The van der Waals surface area contributed by atoms with Crippen LogP contribution in [0, 0.1) is 0 Å². The van der Waals surface area contributed by atoms with Gasteiger partial charge in [0.25, 0.3) is 0 Å². The highest BCUT2D eigenvalue weighted by molar-refractivity contribution is 6.33. The van der Waals surface area contributed by atoms with Gasteiger partial charge in [-0.1, -0.05) is 23.7 Å². The average Bonchev–Trinajstić information content (AvgIpc) is 2.91. The number of aliphatic hydroxyl groups is 1. The van der Waals surface area contributed by atoms with E-state index in [1.165, 1.54) is 0 Å². The standard InChI is InChI=1S/C15H17ClN2O3/c1-15(20,9-11-5-4-8-21-11)10-17-14(19)18-13-7-3-2-6-12(13)16/h2-8,20H,9-10H2,1H3,(H2,17,18,19)/t15-/m1/s1. The molecule has 21 heavy (non-hydrogen) atoms. The van der Waals surface area contributed by atoms with Gasteiger partial charge in [-0.2, -0.15) is 0 Å². The summed E-state index contributed by atoms with van der Waals surface area (Å²) in [5.74, 6) is 0.660. The number of benzene rings is 1. The van der Waals surface area contributed by atoms with E-state index in [4.69, 9.17) is 16.0 Å². The van der Waals surface area contributed by atoms with E-state index in [0.29, 0.717) is 22.9 Å². The fourth-order valence-electron chi connectivity index (χ4n) is 1.85. The predicted octanol–water partition coefficient (Wildman–Crippen LogP) is 3.05. The summed E-state index contributed by atoms with van der Waals surface area (Å²) in [5, 5.41) is 15.9. The van der Waals surface area contributed by atoms with Crippen LogP contribution < -0.4 is 10.6 Å². The normalized spacial score (nSPS) is 13.5. The quantitative estimate of drug-likeness (QED) is 0.794. The molecule has 112 valence electrons. The Kier molecular flexibility index (Phi) is 4.88. The molecule has 2 amide bonds. The Balaban J connectivity index is 1.84. The van der Waals surface area contributed by atoms with Crippen LogP contribution in [0.25, 0.3) is 0 Å². The summed E-state index contributed by atoms with van der Waals surface area (Å²) in [4.78, 5) is 11.8. The highest BCUT2D eigenvalue weighted by Crippen LogP contribution is 2.20. The second-order valence-corrected chi connectivity index (χ2v) is 5.45. The maximum Gasteiger partial charge on any atom is 0.319 e. The van der Waals surface area contributed by atoms with E-state index in [0.717, 1.165) is 0 Å². The van der Waals surface area contributed by atoms with E-state index in [1.807, 2.05) is 0 Å². The number of furan rings is 1. The zero-order chi connectivity index (χ0) is 15.3. The van der Waals surface area contributed by atoms with E-state index in [2.05, 4.69) is 10.6 Å². The molecule has 2 aromatic rings. The van der Waals surface area contributed by atoms with Crippen molar-refractivity contribution in [1.29, 1.82) is 0 Å². The zero-order valence-electron chi connectivity index (χ0n) is 11.6. The first-order valence-electron chi connectivity index (χ1n) is 6.50. The van der Waals surface area contributed by atoms with E-state index in [-0.39, 0.29) is 6.54 Å². The number of carbonyl (C=O) groups excluding carboxylic acids is 1. The van der Waals surface area contributed by atoms with E-state index in [9.17, 15) is 9.90 Å². The molecule has 0 fully saturated rings. The number of halogens is 1. The van der Waals surface area contributed by atoms with Gasteiger partial charge in [-0.3, -0.25) is 0 Å². The maximum absolute atomic E-state index is 11.8. The third-order valence-electron chi connectivity index (χ3n) is 2.89. The maximum atomic E-state index is 11.8. The molecular formula is C15H17ClN2O3. The van der Waals surface area contributed by atoms with Crippen LogP contribution in [-0.4, -0.2) is 23.3 Å². The lowest BCUT2D eigenvalue weighted by Crippen LogP contribution is -2.43. The molecule has 0 radical (unpaired) electrons. The van der Waals surface area contributed by atoms with Crippen LogP contribution in [0.4, 0.5) is 10.5 Å². The largest absolute Gasteiger partial charge is 0.469 e. The molecule has 0 aliphatic carbocycles. The van der Waals surface area contributed by atoms with E-state index in [1.54, 1.807) is 49.6 Å². The first kappa shape index (κ1) is 15.4. The Morgan fingerprint density at radius 1 is 1.33 bits per heavy atom. The molecule has 2 rings (SSSR count). The van der Waals surface area contributed by atoms with Crippen LogP contribution in [0.2, 0.25) is 5.02 Å². The van der Waals surface area contributed by atoms with Crippen LogP contribution in [-0.2, 0) is 6.42 Å². The lowest BCUT2D eigenvalue weighted by molar-refractivity contribution is 0.0577. The number of nitrogens with one attached hydrogen (secondary N) is 2. The van der Waals surface area contributed by atoms with Gasteiger partial charge < -0.3 is 20.2 Å². The third-order valence-corrected chi connectivity index (χ3v) is 3.22. The number of hydrogen-bond donors (Lipinski definition) is 3. The third kappa shape index (κ3) is 4.81. The van der Waals surface area contributed by atoms with Gasteiger partial charge >= 0.3 is 6.03 Å². The van der Waals surface area contributed by atoms with Crippen LogP contribution in [0.1, 0.15) is 12.7 Å². The Bertz CT molecular complexity index is 597. The summed E-state index contributed by atoms with van der Waals surface area (Å²) in [7, 11) is 0. The van der Waals surface area contributed by atoms with Crippen molar-refractivity contribution in [3.63, 3.8) is 0 Å². The molecule has 6 heteroatoms. The molecule has 0 spiro atoms. The average molecular weight is 309 g/mol. The van der Waals surface area contributed by atoms with Crippen molar-refractivity contribution in [2.75, 3.05) is 11.9 Å². The molecule has 3 N–H and O–H groups in total. The first-order chi connectivity index (χ1) is 9.96. The topological polar surface area (TPSA) is 74.5 Å². The number of rotatable bonds is 5. The van der Waals surface area contributed by atoms with E-state index < -0.39 is 11.6 Å². The van der Waals surface area contributed by atoms with Crippen molar-refractivity contribution in [3.05, 3.63) is 53.4 Å². The molecule has 1 aromatic carbocycles. The summed E-state index contributed by atoms with van der Waals surface area (Å²) in [6.45, 7) is 1.72. The molecular weight excluding hydrogens is 292 g/mol. The number of anilines is 1. The minimum atomic E-state index is -1.10. The van der Waals surface area contributed by atoms with E-state index >= 15 is 0 Å². The molecule has 0 aliphatic heterocycles. The fourth-order valence-corrected chi connectivity index (χ4v) is 2.03. The van der Waals surface area contributed by atoms with Gasteiger partial charge in [0.15, 0.2) is 0 Å². The Morgan fingerprint density at radius 2 is 2.10 bits per heavy atom. The van der Waals surface area contributed by atoms with Gasteiger partial charge in [0.05, 0.1) is 22.6 Å². The van der Waals surface area contributed by atoms with Crippen LogP contribution >= 0.6 is 11.6 Å². The van der Waals surface area contributed by atoms with Crippen LogP contribution in [0.15, 0.2) is 47.1 Å². The Labute approximate surface area is 127 Å². The second-order valence-electron chi connectivity index (χ2n) is 5.04.